The van der Waals surface area contributed by atoms with Crippen LogP contribution in [0.5, 0.6) is 0 Å². The number of hydrogen-bond donors (Lipinski definition) is 0. The molecule has 1 aromatic heterocycles. The molecule has 0 aliphatic rings. The SMILES string of the molecule is FC(F)(F)c1cccc2[c]ccnc12. The van der Waals surface area contributed by atoms with Crippen molar-refractivity contribution in [3.8, 4) is 0 Å². The molecule has 1 heterocycles. The first-order valence-electron chi connectivity index (χ1n) is 3.91. The highest BCUT2D eigenvalue weighted by Crippen LogP contribution is 2.33. The van der Waals surface area contributed by atoms with E-state index < -0.39 is 11.7 Å². The third kappa shape index (κ3) is 1.43. The summed E-state index contributed by atoms with van der Waals surface area (Å²) >= 11 is 0. The Morgan fingerprint density at radius 2 is 2.00 bits per heavy atom. The Labute approximate surface area is 78.2 Å². The van der Waals surface area contributed by atoms with Gasteiger partial charge in [-0.2, -0.15) is 13.2 Å². The summed E-state index contributed by atoms with van der Waals surface area (Å²) in [5, 5.41) is 0.377. The molecule has 0 saturated carbocycles. The van der Waals surface area contributed by atoms with E-state index in [-0.39, 0.29) is 5.52 Å². The van der Waals surface area contributed by atoms with E-state index in [0.717, 1.165) is 6.07 Å². The lowest BCUT2D eigenvalue weighted by atomic mass is 10.1. The summed E-state index contributed by atoms with van der Waals surface area (Å²) in [6.45, 7) is 0. The van der Waals surface area contributed by atoms with Gasteiger partial charge in [-0.3, -0.25) is 4.98 Å². The van der Waals surface area contributed by atoms with Gasteiger partial charge < -0.3 is 0 Å². The second-order valence-electron chi connectivity index (χ2n) is 2.79. The van der Waals surface area contributed by atoms with Crippen molar-refractivity contribution < 1.29 is 13.2 Å². The van der Waals surface area contributed by atoms with Gasteiger partial charge in [0.05, 0.1) is 11.1 Å². The van der Waals surface area contributed by atoms with Crippen LogP contribution in [0.4, 0.5) is 13.2 Å². The summed E-state index contributed by atoms with van der Waals surface area (Å²) < 4.78 is 37.4. The number of aromatic nitrogens is 1. The van der Waals surface area contributed by atoms with Gasteiger partial charge in [0.1, 0.15) is 0 Å². The summed E-state index contributed by atoms with van der Waals surface area (Å²) in [6, 6.07) is 8.11. The van der Waals surface area contributed by atoms with Crippen LogP contribution in [0.1, 0.15) is 5.56 Å². The van der Waals surface area contributed by atoms with E-state index in [9.17, 15) is 13.2 Å². The van der Waals surface area contributed by atoms with E-state index in [1.807, 2.05) is 0 Å². The smallest absolute Gasteiger partial charge is 0.256 e. The molecule has 4 heteroatoms. The fraction of sp³-hybridized carbons (Fsp3) is 0.100. The van der Waals surface area contributed by atoms with E-state index in [1.165, 1.54) is 18.3 Å². The lowest BCUT2D eigenvalue weighted by molar-refractivity contribution is -0.136. The van der Waals surface area contributed by atoms with Crippen LogP contribution in [0.25, 0.3) is 10.9 Å². The Kier molecular flexibility index (Phi) is 1.91. The van der Waals surface area contributed by atoms with Gasteiger partial charge in [-0.1, -0.05) is 12.1 Å². The van der Waals surface area contributed by atoms with Gasteiger partial charge in [-0.05, 0) is 18.2 Å². The molecule has 2 aromatic rings. The Hall–Kier alpha value is -1.58. The summed E-state index contributed by atoms with van der Waals surface area (Å²) in [7, 11) is 0. The lowest BCUT2D eigenvalue weighted by Crippen LogP contribution is -2.06. The predicted molar refractivity (Wildman–Crippen MR) is 45.6 cm³/mol. The van der Waals surface area contributed by atoms with E-state index >= 15 is 0 Å². The van der Waals surface area contributed by atoms with Crippen LogP contribution >= 0.6 is 0 Å². The highest BCUT2D eigenvalue weighted by Gasteiger charge is 2.32. The van der Waals surface area contributed by atoms with Gasteiger partial charge in [-0.25, -0.2) is 0 Å². The average molecular weight is 196 g/mol. The van der Waals surface area contributed by atoms with Gasteiger partial charge in [0.2, 0.25) is 0 Å². The molecule has 0 aliphatic heterocycles. The predicted octanol–water partition coefficient (Wildman–Crippen LogP) is 3.05. The molecule has 71 valence electrons. The minimum Gasteiger partial charge on any atom is -0.256 e. The number of fused-ring (bicyclic) bond motifs is 1. The fourth-order valence-corrected chi connectivity index (χ4v) is 1.27. The molecule has 2 rings (SSSR count). The summed E-state index contributed by atoms with van der Waals surface area (Å²) in [4.78, 5) is 3.70. The van der Waals surface area contributed by atoms with Crippen LogP contribution in [-0.4, -0.2) is 4.98 Å². The number of rotatable bonds is 0. The first kappa shape index (κ1) is 8.99. The Morgan fingerprint density at radius 3 is 2.71 bits per heavy atom. The van der Waals surface area contributed by atoms with Crippen molar-refractivity contribution >= 4 is 10.9 Å². The van der Waals surface area contributed by atoms with Crippen molar-refractivity contribution in [2.75, 3.05) is 0 Å². The van der Waals surface area contributed by atoms with Gasteiger partial charge in [0.15, 0.2) is 0 Å². The van der Waals surface area contributed by atoms with E-state index in [2.05, 4.69) is 11.1 Å². The monoisotopic (exact) mass is 196 g/mol. The normalized spacial score (nSPS) is 11.9. The van der Waals surface area contributed by atoms with Crippen LogP contribution in [0, 0.1) is 6.07 Å². The quantitative estimate of drug-likeness (QED) is 0.631. The second kappa shape index (κ2) is 2.97. The molecular weight excluding hydrogens is 191 g/mol. The Morgan fingerprint density at radius 1 is 1.21 bits per heavy atom. The molecule has 1 radical (unpaired) electrons. The third-order valence-electron chi connectivity index (χ3n) is 1.86. The number of hydrogen-bond acceptors (Lipinski definition) is 1. The van der Waals surface area contributed by atoms with E-state index in [4.69, 9.17) is 0 Å². The molecule has 0 bridgehead atoms. The molecule has 0 saturated heterocycles. The number of pyridine rings is 1. The van der Waals surface area contributed by atoms with Crippen LogP contribution in [0.3, 0.4) is 0 Å². The maximum absolute atomic E-state index is 12.5. The van der Waals surface area contributed by atoms with Crippen LogP contribution < -0.4 is 0 Å². The molecule has 0 atom stereocenters. The number of nitrogens with zero attached hydrogens (tertiary/aromatic N) is 1. The molecular formula is C10H5F3N. The number of para-hydroxylation sites is 1. The number of alkyl halides is 3. The Balaban J connectivity index is 2.78. The van der Waals surface area contributed by atoms with Crippen LogP contribution in [-0.2, 0) is 6.18 Å². The molecule has 0 spiro atoms. The summed E-state index contributed by atoms with van der Waals surface area (Å²) in [5.41, 5.74) is -0.769. The first-order valence-corrected chi connectivity index (χ1v) is 3.91. The second-order valence-corrected chi connectivity index (χ2v) is 2.79. The Bertz CT molecular complexity index is 457. The first-order chi connectivity index (χ1) is 6.59. The van der Waals surface area contributed by atoms with Gasteiger partial charge in [0, 0.05) is 11.6 Å². The topological polar surface area (TPSA) is 12.9 Å². The molecule has 0 unspecified atom stereocenters. The lowest BCUT2D eigenvalue weighted by Gasteiger charge is -2.08. The van der Waals surface area contributed by atoms with Crippen molar-refractivity contribution in [1.29, 1.82) is 0 Å². The zero-order valence-electron chi connectivity index (χ0n) is 6.97. The molecule has 0 amide bonds. The van der Waals surface area contributed by atoms with Gasteiger partial charge in [-0.15, -0.1) is 0 Å². The zero-order valence-corrected chi connectivity index (χ0v) is 6.97. The highest BCUT2D eigenvalue weighted by molar-refractivity contribution is 5.81. The van der Waals surface area contributed by atoms with Crippen LogP contribution in [0.2, 0.25) is 0 Å². The third-order valence-corrected chi connectivity index (χ3v) is 1.86. The standard InChI is InChI=1S/C10H5F3N/c11-10(12,13)8-5-1-3-7-4-2-6-14-9(7)8/h1-3,5-6H. The summed E-state index contributed by atoms with van der Waals surface area (Å²) in [6.07, 6.45) is -3.06. The van der Waals surface area contributed by atoms with Crippen molar-refractivity contribution in [2.45, 2.75) is 6.18 Å². The zero-order chi connectivity index (χ0) is 10.2. The average Bonchev–Trinajstić information content (AvgIpc) is 2.15. The number of halogens is 3. The van der Waals surface area contributed by atoms with Gasteiger partial charge in [0.25, 0.3) is 0 Å². The maximum Gasteiger partial charge on any atom is 0.418 e. The maximum atomic E-state index is 12.5. The minimum atomic E-state index is -4.36. The molecule has 0 N–H and O–H groups in total. The highest BCUT2D eigenvalue weighted by atomic mass is 19.4. The van der Waals surface area contributed by atoms with E-state index in [0.29, 0.717) is 5.39 Å². The van der Waals surface area contributed by atoms with E-state index in [1.54, 1.807) is 6.07 Å². The molecule has 1 nitrogen and oxygen atoms in total. The van der Waals surface area contributed by atoms with Crippen LogP contribution in [0.15, 0.2) is 30.5 Å². The fourth-order valence-electron chi connectivity index (χ4n) is 1.27. The molecule has 14 heavy (non-hydrogen) atoms. The number of benzene rings is 1. The van der Waals surface area contributed by atoms with Crippen molar-refractivity contribution in [3.63, 3.8) is 0 Å². The minimum absolute atomic E-state index is 0.0532. The van der Waals surface area contributed by atoms with Crippen molar-refractivity contribution in [1.82, 2.24) is 4.98 Å². The van der Waals surface area contributed by atoms with Crippen molar-refractivity contribution in [2.24, 2.45) is 0 Å². The van der Waals surface area contributed by atoms with Gasteiger partial charge >= 0.3 is 6.18 Å². The molecule has 0 fully saturated rings. The molecule has 0 aliphatic carbocycles. The largest absolute Gasteiger partial charge is 0.418 e. The van der Waals surface area contributed by atoms with Crippen molar-refractivity contribution in [3.05, 3.63) is 42.1 Å². The summed E-state index contributed by atoms with van der Waals surface area (Å²) in [5.74, 6) is 0. The molecule has 1 aromatic carbocycles.